The Kier molecular flexibility index (Phi) is 9.31. The van der Waals surface area contributed by atoms with Crippen molar-refractivity contribution in [3.63, 3.8) is 0 Å². The number of fused-ring (bicyclic) bond motifs is 1. The van der Waals surface area contributed by atoms with E-state index in [1.54, 1.807) is 56.3 Å². The summed E-state index contributed by atoms with van der Waals surface area (Å²) in [5.41, 5.74) is 2.07. The SMILES string of the molecule is CCOC(=O)C1=C(C)N=c2s/c(=C\c3cc(I)cc(I)c3OCc3ccccc3F)c(=O)n2[C@@H]1c1ccccc1Cl. The number of ether oxygens (including phenoxy) is 2. The second-order valence-electron chi connectivity index (χ2n) is 9.01. The lowest BCUT2D eigenvalue weighted by atomic mass is 9.96. The predicted octanol–water partition coefficient (Wildman–Crippen LogP) is 6.38. The van der Waals surface area contributed by atoms with Gasteiger partial charge in [0.25, 0.3) is 5.56 Å². The van der Waals surface area contributed by atoms with Gasteiger partial charge in [0.15, 0.2) is 4.80 Å². The summed E-state index contributed by atoms with van der Waals surface area (Å²) < 4.78 is 29.4. The van der Waals surface area contributed by atoms with Crippen molar-refractivity contribution in [2.75, 3.05) is 6.61 Å². The number of carbonyl (C=O) groups excluding carboxylic acids is 1. The van der Waals surface area contributed by atoms with Crippen molar-refractivity contribution in [1.82, 2.24) is 4.57 Å². The molecule has 4 aromatic rings. The number of carbonyl (C=O) groups is 1. The predicted molar refractivity (Wildman–Crippen MR) is 174 cm³/mol. The van der Waals surface area contributed by atoms with E-state index in [2.05, 4.69) is 50.2 Å². The zero-order valence-electron chi connectivity index (χ0n) is 21.8. The number of hydrogen-bond donors (Lipinski definition) is 0. The van der Waals surface area contributed by atoms with Crippen LogP contribution in [0.15, 0.2) is 81.7 Å². The highest BCUT2D eigenvalue weighted by atomic mass is 127. The van der Waals surface area contributed by atoms with Gasteiger partial charge in [0, 0.05) is 19.7 Å². The molecule has 11 heteroatoms. The standard InChI is InChI=1S/C30H22ClFI2N2O4S/c1-3-39-29(38)25-16(2)35-30-36(26(25)20-9-5-6-10-21(20)31)28(37)24(41-30)13-18-12-19(33)14-23(34)27(18)40-15-17-8-4-7-11-22(17)32/h4-14,26H,3,15H2,1-2H3/b24-13-/t26-/m1/s1. The van der Waals surface area contributed by atoms with Gasteiger partial charge in [0.05, 0.1) is 26.0 Å². The Morgan fingerprint density at radius 3 is 2.63 bits per heavy atom. The zero-order chi connectivity index (χ0) is 29.3. The highest BCUT2D eigenvalue weighted by Crippen LogP contribution is 2.35. The molecule has 0 saturated heterocycles. The molecule has 2 heterocycles. The minimum absolute atomic E-state index is 0.0277. The molecule has 210 valence electrons. The molecule has 41 heavy (non-hydrogen) atoms. The van der Waals surface area contributed by atoms with E-state index in [0.29, 0.717) is 42.5 Å². The van der Waals surface area contributed by atoms with Crippen LogP contribution in [-0.2, 0) is 16.1 Å². The molecule has 6 nitrogen and oxygen atoms in total. The molecule has 1 aromatic heterocycles. The van der Waals surface area contributed by atoms with Crippen LogP contribution in [0.25, 0.3) is 6.08 Å². The van der Waals surface area contributed by atoms with Crippen LogP contribution in [0.5, 0.6) is 5.75 Å². The topological polar surface area (TPSA) is 69.9 Å². The summed E-state index contributed by atoms with van der Waals surface area (Å²) >= 11 is 12.2. The number of benzene rings is 3. The number of thiazole rings is 1. The third-order valence-electron chi connectivity index (χ3n) is 6.37. The number of halogens is 4. The molecular formula is C30H22ClFI2N2O4S. The third-order valence-corrected chi connectivity index (χ3v) is 9.12. The van der Waals surface area contributed by atoms with Crippen molar-refractivity contribution in [2.45, 2.75) is 26.5 Å². The van der Waals surface area contributed by atoms with E-state index >= 15 is 0 Å². The number of allylic oxidation sites excluding steroid dienone is 1. The first kappa shape index (κ1) is 29.9. The molecule has 0 fully saturated rings. The Morgan fingerprint density at radius 1 is 1.17 bits per heavy atom. The largest absolute Gasteiger partial charge is 0.487 e. The number of aromatic nitrogens is 1. The smallest absolute Gasteiger partial charge is 0.338 e. The lowest BCUT2D eigenvalue weighted by Crippen LogP contribution is -2.40. The fourth-order valence-electron chi connectivity index (χ4n) is 4.53. The maximum Gasteiger partial charge on any atom is 0.338 e. The maximum atomic E-state index is 14.3. The number of esters is 1. The highest BCUT2D eigenvalue weighted by molar-refractivity contribution is 14.1. The van der Waals surface area contributed by atoms with Crippen LogP contribution in [0.2, 0.25) is 5.02 Å². The van der Waals surface area contributed by atoms with Gasteiger partial charge in [-0.2, -0.15) is 0 Å². The summed E-state index contributed by atoms with van der Waals surface area (Å²) in [6.45, 7) is 3.65. The van der Waals surface area contributed by atoms with E-state index in [0.717, 1.165) is 7.14 Å². The lowest BCUT2D eigenvalue weighted by molar-refractivity contribution is -0.139. The minimum atomic E-state index is -0.811. The summed E-state index contributed by atoms with van der Waals surface area (Å²) in [5, 5.41) is 0.416. The molecule has 0 amide bonds. The summed E-state index contributed by atoms with van der Waals surface area (Å²) in [5.74, 6) is -0.370. The Morgan fingerprint density at radius 2 is 1.90 bits per heavy atom. The van der Waals surface area contributed by atoms with Crippen molar-refractivity contribution >= 4 is 80.2 Å². The molecule has 1 atom stereocenters. The number of nitrogens with zero attached hydrogens (tertiary/aromatic N) is 2. The molecule has 5 rings (SSSR count). The molecule has 0 aliphatic carbocycles. The van der Waals surface area contributed by atoms with E-state index in [1.807, 2.05) is 18.2 Å². The molecule has 3 aromatic carbocycles. The van der Waals surface area contributed by atoms with Crippen LogP contribution >= 0.6 is 68.1 Å². The van der Waals surface area contributed by atoms with Crippen LogP contribution in [0.4, 0.5) is 4.39 Å². The summed E-state index contributed by atoms with van der Waals surface area (Å²) in [6, 6.07) is 16.6. The minimum Gasteiger partial charge on any atom is -0.487 e. The van der Waals surface area contributed by atoms with E-state index < -0.39 is 12.0 Å². The van der Waals surface area contributed by atoms with Crippen molar-refractivity contribution in [3.05, 3.63) is 126 Å². The van der Waals surface area contributed by atoms with Crippen LogP contribution in [0, 0.1) is 13.0 Å². The van der Waals surface area contributed by atoms with Crippen molar-refractivity contribution in [1.29, 1.82) is 0 Å². The molecule has 0 saturated carbocycles. The highest BCUT2D eigenvalue weighted by Gasteiger charge is 2.34. The summed E-state index contributed by atoms with van der Waals surface area (Å²) in [7, 11) is 0. The fraction of sp³-hybridized carbons (Fsp3) is 0.167. The van der Waals surface area contributed by atoms with E-state index in [9.17, 15) is 14.0 Å². The first-order chi connectivity index (χ1) is 19.7. The van der Waals surface area contributed by atoms with E-state index in [1.165, 1.54) is 22.0 Å². The maximum absolute atomic E-state index is 14.3. The second-order valence-corrected chi connectivity index (χ2v) is 12.8. The molecule has 0 bridgehead atoms. The Labute approximate surface area is 271 Å². The van der Waals surface area contributed by atoms with Gasteiger partial charge in [0.2, 0.25) is 0 Å². The molecule has 1 aliphatic heterocycles. The Bertz CT molecular complexity index is 1890. The van der Waals surface area contributed by atoms with Crippen molar-refractivity contribution in [2.24, 2.45) is 4.99 Å². The van der Waals surface area contributed by atoms with Gasteiger partial charge in [-0.25, -0.2) is 14.2 Å². The van der Waals surface area contributed by atoms with Gasteiger partial charge < -0.3 is 9.47 Å². The quantitative estimate of drug-likeness (QED) is 0.161. The molecule has 0 radical (unpaired) electrons. The van der Waals surface area contributed by atoms with Gasteiger partial charge in [-0.15, -0.1) is 0 Å². The van der Waals surface area contributed by atoms with Crippen molar-refractivity contribution in [3.8, 4) is 5.75 Å². The average Bonchev–Trinajstić information content (AvgIpc) is 3.22. The zero-order valence-corrected chi connectivity index (χ0v) is 27.7. The Balaban J connectivity index is 1.67. The average molecular weight is 815 g/mol. The number of rotatable bonds is 7. The molecule has 0 spiro atoms. The summed E-state index contributed by atoms with van der Waals surface area (Å²) in [6.07, 6.45) is 1.75. The van der Waals surface area contributed by atoms with Crippen LogP contribution in [-0.4, -0.2) is 17.1 Å². The first-order valence-corrected chi connectivity index (χ1v) is 15.8. The van der Waals surface area contributed by atoms with Gasteiger partial charge in [0.1, 0.15) is 24.2 Å². The van der Waals surface area contributed by atoms with Crippen LogP contribution in [0.3, 0.4) is 0 Å². The van der Waals surface area contributed by atoms with Gasteiger partial charge in [-0.3, -0.25) is 9.36 Å². The van der Waals surface area contributed by atoms with Gasteiger partial charge >= 0.3 is 5.97 Å². The van der Waals surface area contributed by atoms with Gasteiger partial charge in [-0.1, -0.05) is 59.3 Å². The number of hydrogen-bond acceptors (Lipinski definition) is 6. The van der Waals surface area contributed by atoms with Crippen LogP contribution < -0.4 is 19.6 Å². The fourth-order valence-corrected chi connectivity index (χ4v) is 7.85. The third kappa shape index (κ3) is 6.15. The Hall–Kier alpha value is -2.55. The van der Waals surface area contributed by atoms with E-state index in [-0.39, 0.29) is 30.2 Å². The molecule has 0 N–H and O–H groups in total. The molecule has 0 unspecified atom stereocenters. The van der Waals surface area contributed by atoms with E-state index in [4.69, 9.17) is 21.1 Å². The first-order valence-electron chi connectivity index (χ1n) is 12.5. The summed E-state index contributed by atoms with van der Waals surface area (Å²) in [4.78, 5) is 32.2. The van der Waals surface area contributed by atoms with Crippen LogP contribution in [0.1, 0.15) is 36.6 Å². The van der Waals surface area contributed by atoms with Crippen molar-refractivity contribution < 1.29 is 18.7 Å². The molecular weight excluding hydrogens is 793 g/mol. The normalized spacial score (nSPS) is 15.0. The monoisotopic (exact) mass is 814 g/mol. The lowest BCUT2D eigenvalue weighted by Gasteiger charge is -2.25. The second kappa shape index (κ2) is 12.8. The molecule has 1 aliphatic rings. The van der Waals surface area contributed by atoms with Gasteiger partial charge in [-0.05, 0) is 94.9 Å².